The van der Waals surface area contributed by atoms with E-state index in [0.717, 1.165) is 46.6 Å². The maximum atomic E-state index is 13.0. The van der Waals surface area contributed by atoms with Crippen LogP contribution in [0.15, 0.2) is 60.7 Å². The Morgan fingerprint density at radius 3 is 2.52 bits per heavy atom. The predicted octanol–water partition coefficient (Wildman–Crippen LogP) is 4.85. The molecule has 0 N–H and O–H groups in total. The molecular formula is C25H27N3O2S. The highest BCUT2D eigenvalue weighted by Crippen LogP contribution is 2.23. The highest BCUT2D eigenvalue weighted by molar-refractivity contribution is 7.19. The third kappa shape index (κ3) is 5.02. The summed E-state index contributed by atoms with van der Waals surface area (Å²) >= 11 is 1.59. The predicted molar refractivity (Wildman–Crippen MR) is 126 cm³/mol. The molecule has 2 amide bonds. The highest BCUT2D eigenvalue weighted by Gasteiger charge is 2.28. The smallest absolute Gasteiger partial charge is 0.253 e. The van der Waals surface area contributed by atoms with Crippen molar-refractivity contribution in [3.63, 3.8) is 0 Å². The van der Waals surface area contributed by atoms with Gasteiger partial charge in [0.15, 0.2) is 0 Å². The van der Waals surface area contributed by atoms with Crippen molar-refractivity contribution in [2.75, 3.05) is 19.6 Å². The van der Waals surface area contributed by atoms with Gasteiger partial charge in [-0.25, -0.2) is 4.98 Å². The minimum Gasteiger partial charge on any atom is -0.338 e. The Bertz CT molecular complexity index is 1040. The maximum absolute atomic E-state index is 13.0. The van der Waals surface area contributed by atoms with Crippen LogP contribution in [0.4, 0.5) is 0 Å². The molecule has 0 aliphatic carbocycles. The van der Waals surface area contributed by atoms with Gasteiger partial charge in [0.05, 0.1) is 10.2 Å². The first-order chi connectivity index (χ1) is 15.2. The Morgan fingerprint density at radius 1 is 1.10 bits per heavy atom. The molecule has 0 saturated carbocycles. The number of hydrogen-bond acceptors (Lipinski definition) is 4. The summed E-state index contributed by atoms with van der Waals surface area (Å²) in [5.41, 5.74) is 1.68. The number of likely N-dealkylation sites (tertiary alicyclic amines) is 1. The Kier molecular flexibility index (Phi) is 6.77. The van der Waals surface area contributed by atoms with Crippen molar-refractivity contribution in [2.24, 2.45) is 0 Å². The molecule has 2 heterocycles. The second kappa shape index (κ2) is 9.88. The first-order valence-electron chi connectivity index (χ1n) is 10.8. The number of benzene rings is 2. The molecule has 160 valence electrons. The van der Waals surface area contributed by atoms with E-state index in [9.17, 15) is 9.59 Å². The number of rotatable bonds is 6. The molecule has 1 saturated heterocycles. The molecule has 1 aliphatic heterocycles. The van der Waals surface area contributed by atoms with E-state index in [1.54, 1.807) is 17.4 Å². The number of piperidine rings is 1. The number of carbonyl (C=O) groups is 2. The fourth-order valence-electron chi connectivity index (χ4n) is 4.06. The molecule has 0 spiro atoms. The molecule has 0 unspecified atom stereocenters. The van der Waals surface area contributed by atoms with Crippen LogP contribution in [0.1, 0.15) is 41.6 Å². The molecule has 3 aromatic rings. The van der Waals surface area contributed by atoms with E-state index >= 15 is 0 Å². The lowest BCUT2D eigenvalue weighted by Crippen LogP contribution is -2.48. The molecule has 31 heavy (non-hydrogen) atoms. The Labute approximate surface area is 187 Å². The van der Waals surface area contributed by atoms with Gasteiger partial charge >= 0.3 is 0 Å². The van der Waals surface area contributed by atoms with Crippen molar-refractivity contribution in [3.8, 4) is 0 Å². The molecule has 6 heteroatoms. The average molecular weight is 434 g/mol. The molecule has 1 aliphatic rings. The van der Waals surface area contributed by atoms with Crippen LogP contribution in [-0.2, 0) is 4.79 Å². The number of carbonyl (C=O) groups excluding carboxylic acids is 2. The number of para-hydroxylation sites is 1. The largest absolute Gasteiger partial charge is 0.338 e. The van der Waals surface area contributed by atoms with E-state index in [1.165, 1.54) is 0 Å². The summed E-state index contributed by atoms with van der Waals surface area (Å²) in [6.07, 6.45) is 5.99. The van der Waals surface area contributed by atoms with E-state index in [2.05, 4.69) is 11.9 Å². The number of amides is 2. The Morgan fingerprint density at radius 2 is 1.81 bits per heavy atom. The standard InChI is InChI=1S/C25H27N3O2S/c1-2-16-28(24(29)13-12-23-26-21-10-6-7-11-22(21)31-23)20-14-17-27(18-15-20)25(30)19-8-4-3-5-9-19/h3-13,20H,2,14-18H2,1H3/b13-12+. The summed E-state index contributed by atoms with van der Waals surface area (Å²) in [6.45, 7) is 4.16. The van der Waals surface area contributed by atoms with Crippen molar-refractivity contribution in [2.45, 2.75) is 32.2 Å². The quantitative estimate of drug-likeness (QED) is 0.522. The van der Waals surface area contributed by atoms with Crippen molar-refractivity contribution in [3.05, 3.63) is 71.2 Å². The molecule has 5 nitrogen and oxygen atoms in total. The fourth-order valence-corrected chi connectivity index (χ4v) is 4.93. The van der Waals surface area contributed by atoms with Crippen LogP contribution in [0, 0.1) is 0 Å². The number of hydrogen-bond donors (Lipinski definition) is 0. The Hall–Kier alpha value is -2.99. The van der Waals surface area contributed by atoms with Crippen LogP contribution < -0.4 is 0 Å². The normalized spacial score (nSPS) is 14.9. The number of nitrogens with zero attached hydrogens (tertiary/aromatic N) is 3. The third-order valence-electron chi connectivity index (χ3n) is 5.64. The van der Waals surface area contributed by atoms with Crippen LogP contribution in [0.2, 0.25) is 0 Å². The lowest BCUT2D eigenvalue weighted by Gasteiger charge is -2.38. The molecule has 0 radical (unpaired) electrons. The van der Waals surface area contributed by atoms with E-state index in [-0.39, 0.29) is 17.9 Å². The zero-order valence-electron chi connectivity index (χ0n) is 17.7. The molecule has 0 atom stereocenters. The maximum Gasteiger partial charge on any atom is 0.253 e. The molecule has 4 rings (SSSR count). The number of thiazole rings is 1. The van der Waals surface area contributed by atoms with Crippen molar-refractivity contribution in [1.29, 1.82) is 0 Å². The van der Waals surface area contributed by atoms with E-state index in [1.807, 2.05) is 70.5 Å². The van der Waals surface area contributed by atoms with Gasteiger partial charge in [0.25, 0.3) is 5.91 Å². The minimum atomic E-state index is 0.0222. The first-order valence-corrected chi connectivity index (χ1v) is 11.7. The fraction of sp³-hybridized carbons (Fsp3) is 0.320. The average Bonchev–Trinajstić information content (AvgIpc) is 3.24. The van der Waals surface area contributed by atoms with E-state index < -0.39 is 0 Å². The SMILES string of the molecule is CCCN(C(=O)/C=C/c1nc2ccccc2s1)C1CCN(C(=O)c2ccccc2)CC1. The van der Waals surface area contributed by atoms with Crippen molar-refractivity contribution >= 4 is 39.4 Å². The second-order valence-electron chi connectivity index (χ2n) is 7.77. The number of fused-ring (bicyclic) bond motifs is 1. The van der Waals surface area contributed by atoms with Gasteiger partial charge in [0, 0.05) is 37.3 Å². The molecular weight excluding hydrogens is 406 g/mol. The lowest BCUT2D eigenvalue weighted by molar-refractivity contribution is -0.129. The van der Waals surface area contributed by atoms with Gasteiger partial charge in [-0.1, -0.05) is 37.3 Å². The monoisotopic (exact) mass is 433 g/mol. The Balaban J connectivity index is 1.39. The molecule has 1 fully saturated rings. The zero-order chi connectivity index (χ0) is 21.6. The summed E-state index contributed by atoms with van der Waals surface area (Å²) < 4.78 is 1.12. The van der Waals surface area contributed by atoms with Crippen molar-refractivity contribution < 1.29 is 9.59 Å². The molecule has 1 aromatic heterocycles. The molecule has 2 aromatic carbocycles. The highest BCUT2D eigenvalue weighted by atomic mass is 32.1. The van der Waals surface area contributed by atoms with E-state index in [0.29, 0.717) is 13.1 Å². The van der Waals surface area contributed by atoms with Gasteiger partial charge in [0.1, 0.15) is 5.01 Å². The van der Waals surface area contributed by atoms with Crippen LogP contribution in [0.25, 0.3) is 16.3 Å². The van der Waals surface area contributed by atoms with Crippen LogP contribution in [0.3, 0.4) is 0 Å². The van der Waals surface area contributed by atoms with Crippen LogP contribution in [0.5, 0.6) is 0 Å². The van der Waals surface area contributed by atoms with E-state index in [4.69, 9.17) is 0 Å². The van der Waals surface area contributed by atoms with Gasteiger partial charge in [-0.05, 0) is 49.6 Å². The number of aromatic nitrogens is 1. The van der Waals surface area contributed by atoms with Crippen LogP contribution >= 0.6 is 11.3 Å². The summed E-state index contributed by atoms with van der Waals surface area (Å²) in [5.74, 6) is 0.0945. The molecule has 0 bridgehead atoms. The van der Waals surface area contributed by atoms with Gasteiger partial charge in [-0.3, -0.25) is 9.59 Å². The van der Waals surface area contributed by atoms with Gasteiger partial charge < -0.3 is 9.80 Å². The topological polar surface area (TPSA) is 53.5 Å². The first kappa shape index (κ1) is 21.2. The summed E-state index contributed by atoms with van der Waals surface area (Å²) in [7, 11) is 0. The van der Waals surface area contributed by atoms with Gasteiger partial charge in [0.2, 0.25) is 5.91 Å². The summed E-state index contributed by atoms with van der Waals surface area (Å²) in [6, 6.07) is 17.6. The van der Waals surface area contributed by atoms with Gasteiger partial charge in [-0.15, -0.1) is 11.3 Å². The second-order valence-corrected chi connectivity index (χ2v) is 8.84. The summed E-state index contributed by atoms with van der Waals surface area (Å²) in [4.78, 5) is 34.1. The zero-order valence-corrected chi connectivity index (χ0v) is 18.6. The summed E-state index contributed by atoms with van der Waals surface area (Å²) in [5, 5.41) is 0.842. The lowest BCUT2D eigenvalue weighted by atomic mass is 10.0. The van der Waals surface area contributed by atoms with Gasteiger partial charge in [-0.2, -0.15) is 0 Å². The van der Waals surface area contributed by atoms with Crippen molar-refractivity contribution in [1.82, 2.24) is 14.8 Å². The third-order valence-corrected chi connectivity index (χ3v) is 6.64. The minimum absolute atomic E-state index is 0.0222. The van der Waals surface area contributed by atoms with Crippen LogP contribution in [-0.4, -0.2) is 52.3 Å².